The van der Waals surface area contributed by atoms with E-state index in [1.807, 2.05) is 6.07 Å². The molecule has 2 N–H and O–H groups in total. The predicted molar refractivity (Wildman–Crippen MR) is 83.4 cm³/mol. The lowest BCUT2D eigenvalue weighted by molar-refractivity contribution is -0.131. The number of para-hydroxylation sites is 2. The lowest BCUT2D eigenvalue weighted by atomic mass is 10.2. The first-order chi connectivity index (χ1) is 11.1. The van der Waals surface area contributed by atoms with Crippen molar-refractivity contribution in [2.24, 2.45) is 0 Å². The zero-order valence-corrected chi connectivity index (χ0v) is 12.7. The molecule has 1 aliphatic rings. The summed E-state index contributed by atoms with van der Waals surface area (Å²) < 4.78 is 11.0. The van der Waals surface area contributed by atoms with Gasteiger partial charge in [-0.15, -0.1) is 0 Å². The highest BCUT2D eigenvalue weighted by Crippen LogP contribution is 2.30. The van der Waals surface area contributed by atoms with Crippen LogP contribution < -0.4 is 20.3 Å². The Morgan fingerprint density at radius 1 is 1.00 bits per heavy atom. The summed E-state index contributed by atoms with van der Waals surface area (Å²) >= 11 is 5.75. The quantitative estimate of drug-likeness (QED) is 0.824. The van der Waals surface area contributed by atoms with Crippen LogP contribution >= 0.6 is 11.6 Å². The van der Waals surface area contributed by atoms with Crippen LogP contribution in [0.15, 0.2) is 48.5 Å². The molecule has 2 aromatic rings. The van der Waals surface area contributed by atoms with Gasteiger partial charge in [0, 0.05) is 10.6 Å². The van der Waals surface area contributed by atoms with Gasteiger partial charge in [-0.3, -0.25) is 20.4 Å². The van der Waals surface area contributed by atoms with Crippen LogP contribution in [0, 0.1) is 0 Å². The average molecular weight is 333 g/mol. The van der Waals surface area contributed by atoms with E-state index >= 15 is 0 Å². The van der Waals surface area contributed by atoms with Gasteiger partial charge in [-0.05, 0) is 36.4 Å². The Labute approximate surface area is 137 Å². The molecule has 0 saturated heterocycles. The smallest absolute Gasteiger partial charge is 0.283 e. The summed E-state index contributed by atoms with van der Waals surface area (Å²) in [5.41, 5.74) is 5.02. The van der Waals surface area contributed by atoms with Crippen molar-refractivity contribution in [3.8, 4) is 11.5 Å². The first-order valence-electron chi connectivity index (χ1n) is 6.88. The van der Waals surface area contributed by atoms with E-state index in [9.17, 15) is 9.59 Å². The second-order valence-corrected chi connectivity index (χ2v) is 5.25. The average Bonchev–Trinajstić information content (AvgIpc) is 2.59. The van der Waals surface area contributed by atoms with Gasteiger partial charge in [0.1, 0.15) is 6.61 Å². The van der Waals surface area contributed by atoms with Crippen molar-refractivity contribution in [3.63, 3.8) is 0 Å². The molecule has 0 spiro atoms. The molecule has 6 nitrogen and oxygen atoms in total. The largest absolute Gasteiger partial charge is 0.485 e. The van der Waals surface area contributed by atoms with E-state index < -0.39 is 17.9 Å². The minimum atomic E-state index is -0.838. The van der Waals surface area contributed by atoms with Crippen LogP contribution in [-0.4, -0.2) is 24.5 Å². The van der Waals surface area contributed by atoms with E-state index in [2.05, 4.69) is 10.9 Å². The third kappa shape index (κ3) is 3.54. The SMILES string of the molecule is O=C(NNC(=O)C1COc2ccccc2O1)c1ccc(Cl)cc1. The molecule has 23 heavy (non-hydrogen) atoms. The van der Waals surface area contributed by atoms with E-state index in [1.165, 1.54) is 0 Å². The number of nitrogens with one attached hydrogen (secondary N) is 2. The topological polar surface area (TPSA) is 76.7 Å². The number of hydrazine groups is 1. The molecule has 0 bridgehead atoms. The number of benzene rings is 2. The number of fused-ring (bicyclic) bond motifs is 1. The Hall–Kier alpha value is -2.73. The highest BCUT2D eigenvalue weighted by molar-refractivity contribution is 6.30. The van der Waals surface area contributed by atoms with E-state index in [0.717, 1.165) is 0 Å². The summed E-state index contributed by atoms with van der Waals surface area (Å²) in [6.45, 7) is 0.0691. The summed E-state index contributed by atoms with van der Waals surface area (Å²) in [5.74, 6) is 0.124. The van der Waals surface area contributed by atoms with E-state index in [1.54, 1.807) is 42.5 Å². The lowest BCUT2D eigenvalue weighted by Crippen LogP contribution is -2.50. The Morgan fingerprint density at radius 3 is 2.43 bits per heavy atom. The fourth-order valence-electron chi connectivity index (χ4n) is 2.02. The van der Waals surface area contributed by atoms with Gasteiger partial charge in [-0.1, -0.05) is 23.7 Å². The zero-order chi connectivity index (χ0) is 16.2. The number of hydrogen-bond donors (Lipinski definition) is 2. The molecule has 1 aliphatic heterocycles. The highest BCUT2D eigenvalue weighted by Gasteiger charge is 2.27. The minimum absolute atomic E-state index is 0.0691. The number of carbonyl (C=O) groups excluding carboxylic acids is 2. The third-order valence-corrected chi connectivity index (χ3v) is 3.46. The Kier molecular flexibility index (Phi) is 4.34. The molecule has 118 valence electrons. The summed E-state index contributed by atoms with van der Waals surface area (Å²) in [5, 5.41) is 0.525. The number of carbonyl (C=O) groups is 2. The Balaban J connectivity index is 1.56. The van der Waals surface area contributed by atoms with Crippen molar-refractivity contribution >= 4 is 23.4 Å². The number of hydrogen-bond acceptors (Lipinski definition) is 4. The Bertz CT molecular complexity index is 733. The molecule has 0 aliphatic carbocycles. The minimum Gasteiger partial charge on any atom is -0.485 e. The van der Waals surface area contributed by atoms with Gasteiger partial charge in [0.15, 0.2) is 11.5 Å². The van der Waals surface area contributed by atoms with Crippen molar-refractivity contribution in [3.05, 3.63) is 59.1 Å². The number of rotatable bonds is 2. The van der Waals surface area contributed by atoms with Gasteiger partial charge in [-0.2, -0.15) is 0 Å². The lowest BCUT2D eigenvalue weighted by Gasteiger charge is -2.25. The van der Waals surface area contributed by atoms with Crippen LogP contribution in [0.4, 0.5) is 0 Å². The van der Waals surface area contributed by atoms with Crippen molar-refractivity contribution in [1.82, 2.24) is 10.9 Å². The first-order valence-corrected chi connectivity index (χ1v) is 7.25. The fraction of sp³-hybridized carbons (Fsp3) is 0.125. The molecule has 1 unspecified atom stereocenters. The van der Waals surface area contributed by atoms with Gasteiger partial charge in [0.05, 0.1) is 0 Å². The standard InChI is InChI=1S/C16H13ClN2O4/c17-11-7-5-10(6-8-11)15(20)18-19-16(21)14-9-22-12-3-1-2-4-13(12)23-14/h1-8,14H,9H2,(H,18,20)(H,19,21). The third-order valence-electron chi connectivity index (χ3n) is 3.21. The molecule has 2 aromatic carbocycles. The molecule has 1 atom stereocenters. The maximum atomic E-state index is 12.0. The number of amides is 2. The molecule has 7 heteroatoms. The summed E-state index contributed by atoms with van der Waals surface area (Å²) in [4.78, 5) is 23.9. The normalized spacial score (nSPS) is 15.6. The number of ether oxygens (including phenoxy) is 2. The summed E-state index contributed by atoms with van der Waals surface area (Å²) in [6.07, 6.45) is -0.838. The van der Waals surface area contributed by atoms with Gasteiger partial charge in [0.2, 0.25) is 6.10 Å². The van der Waals surface area contributed by atoms with Crippen molar-refractivity contribution < 1.29 is 19.1 Å². The maximum Gasteiger partial charge on any atom is 0.283 e. The van der Waals surface area contributed by atoms with E-state index in [4.69, 9.17) is 21.1 Å². The van der Waals surface area contributed by atoms with Crippen molar-refractivity contribution in [2.75, 3.05) is 6.61 Å². The van der Waals surface area contributed by atoms with Crippen LogP contribution in [0.25, 0.3) is 0 Å². The summed E-state index contributed by atoms with van der Waals surface area (Å²) in [7, 11) is 0. The zero-order valence-electron chi connectivity index (χ0n) is 11.9. The second-order valence-electron chi connectivity index (χ2n) is 4.81. The van der Waals surface area contributed by atoms with Crippen molar-refractivity contribution in [2.45, 2.75) is 6.10 Å². The van der Waals surface area contributed by atoms with Gasteiger partial charge in [0.25, 0.3) is 11.8 Å². The highest BCUT2D eigenvalue weighted by atomic mass is 35.5. The van der Waals surface area contributed by atoms with E-state index in [-0.39, 0.29) is 6.61 Å². The molecule has 3 rings (SSSR count). The van der Waals surface area contributed by atoms with Gasteiger partial charge >= 0.3 is 0 Å². The monoisotopic (exact) mass is 332 g/mol. The van der Waals surface area contributed by atoms with Crippen LogP contribution in [0.1, 0.15) is 10.4 Å². The van der Waals surface area contributed by atoms with Crippen LogP contribution in [0.3, 0.4) is 0 Å². The van der Waals surface area contributed by atoms with Crippen LogP contribution in [-0.2, 0) is 4.79 Å². The first kappa shape index (κ1) is 15.2. The second kappa shape index (κ2) is 6.58. The Morgan fingerprint density at radius 2 is 1.70 bits per heavy atom. The number of halogens is 1. The molecule has 0 saturated carbocycles. The van der Waals surface area contributed by atoms with Crippen molar-refractivity contribution in [1.29, 1.82) is 0 Å². The molecule has 2 amide bonds. The maximum absolute atomic E-state index is 12.0. The molecular formula is C16H13ClN2O4. The molecule has 0 aromatic heterocycles. The van der Waals surface area contributed by atoms with Gasteiger partial charge in [-0.25, -0.2) is 0 Å². The molecular weight excluding hydrogens is 320 g/mol. The molecule has 1 heterocycles. The molecule has 0 radical (unpaired) electrons. The molecule has 0 fully saturated rings. The van der Waals surface area contributed by atoms with E-state index in [0.29, 0.717) is 22.1 Å². The summed E-state index contributed by atoms with van der Waals surface area (Å²) in [6, 6.07) is 13.4. The van der Waals surface area contributed by atoms with Crippen LogP contribution in [0.2, 0.25) is 5.02 Å². The van der Waals surface area contributed by atoms with Crippen LogP contribution in [0.5, 0.6) is 11.5 Å². The fourth-order valence-corrected chi connectivity index (χ4v) is 2.15. The van der Waals surface area contributed by atoms with Gasteiger partial charge < -0.3 is 9.47 Å². The predicted octanol–water partition coefficient (Wildman–Crippen LogP) is 1.94.